The summed E-state index contributed by atoms with van der Waals surface area (Å²) in [4.78, 5) is 12.5. The smallest absolute Gasteiger partial charge is 0.265 e. The summed E-state index contributed by atoms with van der Waals surface area (Å²) in [5, 5.41) is 2.85. The fraction of sp³-hybridized carbons (Fsp3) is 0.240. The molecule has 0 fully saturated rings. The molecule has 0 bridgehead atoms. The van der Waals surface area contributed by atoms with Gasteiger partial charge in [-0.15, -0.1) is 0 Å². The van der Waals surface area contributed by atoms with E-state index in [9.17, 15) is 4.79 Å². The molecule has 0 saturated heterocycles. The lowest BCUT2D eigenvalue weighted by molar-refractivity contribution is -0.122. The first kappa shape index (κ1) is 19.8. The van der Waals surface area contributed by atoms with Gasteiger partial charge in [0.1, 0.15) is 5.75 Å². The molecule has 0 aromatic heterocycles. The Morgan fingerprint density at radius 2 is 1.60 bits per heavy atom. The van der Waals surface area contributed by atoms with E-state index in [2.05, 4.69) is 43.4 Å². The van der Waals surface area contributed by atoms with Crippen molar-refractivity contribution in [3.8, 4) is 17.2 Å². The molecule has 1 unspecified atom stereocenters. The highest BCUT2D eigenvalue weighted by atomic mass is 16.7. The maximum atomic E-state index is 12.5. The molecule has 0 saturated carbocycles. The Kier molecular flexibility index (Phi) is 5.36. The van der Waals surface area contributed by atoms with E-state index in [1.54, 1.807) is 25.1 Å². The number of hydrogen-bond donors (Lipinski definition) is 1. The minimum Gasteiger partial charge on any atom is -0.481 e. The van der Waals surface area contributed by atoms with Crippen molar-refractivity contribution < 1.29 is 19.0 Å². The lowest BCUT2D eigenvalue weighted by Gasteiger charge is -2.26. The molecule has 1 atom stereocenters. The summed E-state index contributed by atoms with van der Waals surface area (Å²) >= 11 is 0. The van der Waals surface area contributed by atoms with Crippen molar-refractivity contribution in [2.24, 2.45) is 0 Å². The summed E-state index contributed by atoms with van der Waals surface area (Å²) in [6.07, 6.45) is -0.650. The van der Waals surface area contributed by atoms with E-state index < -0.39 is 6.10 Å². The number of fused-ring (bicyclic) bond motifs is 1. The summed E-state index contributed by atoms with van der Waals surface area (Å²) < 4.78 is 16.5. The second-order valence-corrected chi connectivity index (χ2v) is 7.83. The molecule has 154 valence electrons. The second-order valence-electron chi connectivity index (χ2n) is 7.83. The molecule has 1 aliphatic rings. The Morgan fingerprint density at radius 3 is 2.33 bits per heavy atom. The molecule has 5 nitrogen and oxygen atoms in total. The standard InChI is InChI=1S/C25H25NO4/c1-17(24(27)26-20-11-14-22-23(15-20)29-16-28-22)30-21-12-9-19(10-13-21)25(2,3)18-7-5-4-6-8-18/h4-15,17H,16H2,1-3H3,(H,26,27). The molecule has 4 rings (SSSR count). The Morgan fingerprint density at radius 1 is 0.933 bits per heavy atom. The molecular weight excluding hydrogens is 378 g/mol. The van der Waals surface area contributed by atoms with Crippen LogP contribution in [0.2, 0.25) is 0 Å². The second kappa shape index (κ2) is 8.11. The first-order chi connectivity index (χ1) is 14.4. The Bertz CT molecular complexity index is 1030. The van der Waals surface area contributed by atoms with Crippen LogP contribution in [0, 0.1) is 0 Å². The molecule has 0 aliphatic carbocycles. The monoisotopic (exact) mass is 403 g/mol. The number of benzene rings is 3. The molecule has 1 amide bonds. The van der Waals surface area contributed by atoms with Gasteiger partial charge in [-0.05, 0) is 42.3 Å². The lowest BCUT2D eigenvalue weighted by Crippen LogP contribution is -2.30. The van der Waals surface area contributed by atoms with E-state index in [-0.39, 0.29) is 18.1 Å². The zero-order chi connectivity index (χ0) is 21.1. The zero-order valence-corrected chi connectivity index (χ0v) is 17.3. The molecule has 1 N–H and O–H groups in total. The van der Waals surface area contributed by atoms with Crippen molar-refractivity contribution in [1.29, 1.82) is 0 Å². The third-order valence-electron chi connectivity index (χ3n) is 5.39. The van der Waals surface area contributed by atoms with Gasteiger partial charge in [0.25, 0.3) is 5.91 Å². The van der Waals surface area contributed by atoms with Crippen molar-refractivity contribution in [2.45, 2.75) is 32.3 Å². The van der Waals surface area contributed by atoms with Crippen molar-refractivity contribution in [2.75, 3.05) is 12.1 Å². The average molecular weight is 403 g/mol. The quantitative estimate of drug-likeness (QED) is 0.619. The normalized spacial score (nSPS) is 13.6. The fourth-order valence-corrected chi connectivity index (χ4v) is 3.45. The first-order valence-electron chi connectivity index (χ1n) is 9.97. The minimum atomic E-state index is -0.650. The molecule has 0 spiro atoms. The number of anilines is 1. The highest BCUT2D eigenvalue weighted by Crippen LogP contribution is 2.34. The summed E-state index contributed by atoms with van der Waals surface area (Å²) in [5.41, 5.74) is 2.94. The van der Waals surface area contributed by atoms with Crippen LogP contribution in [0.4, 0.5) is 5.69 Å². The van der Waals surface area contributed by atoms with Crippen LogP contribution in [-0.4, -0.2) is 18.8 Å². The Hall–Kier alpha value is -3.47. The van der Waals surface area contributed by atoms with E-state index >= 15 is 0 Å². The van der Waals surface area contributed by atoms with Crippen LogP contribution in [0.3, 0.4) is 0 Å². The van der Waals surface area contributed by atoms with Crippen LogP contribution in [0.15, 0.2) is 72.8 Å². The number of nitrogens with one attached hydrogen (secondary N) is 1. The number of carbonyl (C=O) groups is 1. The summed E-state index contributed by atoms with van der Waals surface area (Å²) in [7, 11) is 0. The molecule has 0 radical (unpaired) electrons. The molecule has 3 aromatic carbocycles. The highest BCUT2D eigenvalue weighted by molar-refractivity contribution is 5.94. The van der Waals surface area contributed by atoms with Crippen LogP contribution in [0.25, 0.3) is 0 Å². The summed E-state index contributed by atoms with van der Waals surface area (Å²) in [5.74, 6) is 1.72. The van der Waals surface area contributed by atoms with E-state index in [4.69, 9.17) is 14.2 Å². The van der Waals surface area contributed by atoms with Crippen molar-refractivity contribution in [1.82, 2.24) is 0 Å². The molecular formula is C25H25NO4. The SMILES string of the molecule is CC(Oc1ccc(C(C)(C)c2ccccc2)cc1)C(=O)Nc1ccc2c(c1)OCO2. The highest BCUT2D eigenvalue weighted by Gasteiger charge is 2.23. The average Bonchev–Trinajstić information content (AvgIpc) is 3.22. The van der Waals surface area contributed by atoms with Gasteiger partial charge < -0.3 is 19.5 Å². The van der Waals surface area contributed by atoms with E-state index in [0.29, 0.717) is 22.9 Å². The molecule has 30 heavy (non-hydrogen) atoms. The topological polar surface area (TPSA) is 56.8 Å². The lowest BCUT2D eigenvalue weighted by atomic mass is 9.78. The number of rotatable bonds is 6. The Balaban J connectivity index is 1.39. The van der Waals surface area contributed by atoms with Crippen LogP contribution >= 0.6 is 0 Å². The number of amides is 1. The molecule has 5 heteroatoms. The van der Waals surface area contributed by atoms with E-state index in [0.717, 1.165) is 0 Å². The van der Waals surface area contributed by atoms with Gasteiger partial charge in [-0.2, -0.15) is 0 Å². The van der Waals surface area contributed by atoms with Gasteiger partial charge in [0.15, 0.2) is 17.6 Å². The van der Waals surface area contributed by atoms with Crippen molar-refractivity contribution in [3.63, 3.8) is 0 Å². The maximum Gasteiger partial charge on any atom is 0.265 e. The summed E-state index contributed by atoms with van der Waals surface area (Å²) in [6.45, 7) is 6.31. The van der Waals surface area contributed by atoms with Crippen molar-refractivity contribution >= 4 is 11.6 Å². The van der Waals surface area contributed by atoms with Gasteiger partial charge in [-0.3, -0.25) is 4.79 Å². The first-order valence-corrected chi connectivity index (χ1v) is 9.97. The predicted octanol–water partition coefficient (Wildman–Crippen LogP) is 5.15. The van der Waals surface area contributed by atoms with Gasteiger partial charge in [0.05, 0.1) is 0 Å². The van der Waals surface area contributed by atoms with Gasteiger partial charge >= 0.3 is 0 Å². The van der Waals surface area contributed by atoms with Gasteiger partial charge in [-0.25, -0.2) is 0 Å². The van der Waals surface area contributed by atoms with Gasteiger partial charge in [0, 0.05) is 17.2 Å². The minimum absolute atomic E-state index is 0.123. The largest absolute Gasteiger partial charge is 0.481 e. The zero-order valence-electron chi connectivity index (χ0n) is 17.3. The van der Waals surface area contributed by atoms with E-state index in [1.807, 2.05) is 30.3 Å². The molecule has 3 aromatic rings. The molecule has 1 aliphatic heterocycles. The fourth-order valence-electron chi connectivity index (χ4n) is 3.45. The number of ether oxygens (including phenoxy) is 3. The third kappa shape index (κ3) is 4.10. The maximum absolute atomic E-state index is 12.5. The van der Waals surface area contributed by atoms with Crippen LogP contribution in [-0.2, 0) is 10.2 Å². The summed E-state index contributed by atoms with van der Waals surface area (Å²) in [6, 6.07) is 23.6. The van der Waals surface area contributed by atoms with Crippen LogP contribution < -0.4 is 19.5 Å². The van der Waals surface area contributed by atoms with Crippen molar-refractivity contribution in [3.05, 3.63) is 83.9 Å². The molecule has 1 heterocycles. The third-order valence-corrected chi connectivity index (χ3v) is 5.39. The van der Waals surface area contributed by atoms with E-state index in [1.165, 1.54) is 11.1 Å². The van der Waals surface area contributed by atoms with Gasteiger partial charge in [0.2, 0.25) is 6.79 Å². The van der Waals surface area contributed by atoms with Crippen LogP contribution in [0.1, 0.15) is 31.9 Å². The number of carbonyl (C=O) groups excluding carboxylic acids is 1. The van der Waals surface area contributed by atoms with Crippen LogP contribution in [0.5, 0.6) is 17.2 Å². The predicted molar refractivity (Wildman–Crippen MR) is 116 cm³/mol. The number of hydrogen-bond acceptors (Lipinski definition) is 4. The Labute approximate surface area is 176 Å². The van der Waals surface area contributed by atoms with Gasteiger partial charge in [-0.1, -0.05) is 56.3 Å².